The highest BCUT2D eigenvalue weighted by Gasteiger charge is 2.42. The predicted molar refractivity (Wildman–Crippen MR) is 76.0 cm³/mol. The summed E-state index contributed by atoms with van der Waals surface area (Å²) >= 11 is 1.74. The quantitative estimate of drug-likeness (QED) is 0.900. The minimum atomic E-state index is -0.0620. The molecule has 1 spiro atoms. The van der Waals surface area contributed by atoms with Crippen molar-refractivity contribution in [3.63, 3.8) is 0 Å². The van der Waals surface area contributed by atoms with Gasteiger partial charge in [-0.1, -0.05) is 0 Å². The van der Waals surface area contributed by atoms with Crippen LogP contribution in [0.4, 0.5) is 0 Å². The van der Waals surface area contributed by atoms with Gasteiger partial charge >= 0.3 is 0 Å². The third-order valence-corrected chi connectivity index (χ3v) is 5.38. The Bertz CT molecular complexity index is 473. The molecule has 0 aromatic carbocycles. The van der Waals surface area contributed by atoms with E-state index in [-0.39, 0.29) is 5.41 Å². The number of hydrogen-bond acceptors (Lipinski definition) is 4. The molecule has 5 heteroatoms. The van der Waals surface area contributed by atoms with Crippen molar-refractivity contribution in [3.05, 3.63) is 16.1 Å². The standard InChI is InChI=1S/C14H21N3OS/c1-11-10-19-12(16-11)9-17-7-2-3-14(5-8-17)4-6-15-13(14)18/h10H,2-9H2,1H3,(H,15,18)/t14-/m0/s1. The third-order valence-electron chi connectivity index (χ3n) is 4.43. The first-order valence-electron chi connectivity index (χ1n) is 7.10. The second kappa shape index (κ2) is 5.21. The number of carbonyl (C=O) groups is 1. The van der Waals surface area contributed by atoms with Crippen molar-refractivity contribution in [2.75, 3.05) is 19.6 Å². The normalized spacial score (nSPS) is 28.6. The van der Waals surface area contributed by atoms with Gasteiger partial charge in [-0.3, -0.25) is 9.69 Å². The minimum absolute atomic E-state index is 0.0620. The van der Waals surface area contributed by atoms with Gasteiger partial charge in [0.15, 0.2) is 0 Å². The zero-order valence-corrected chi connectivity index (χ0v) is 12.3. The van der Waals surface area contributed by atoms with Gasteiger partial charge in [0.1, 0.15) is 5.01 Å². The van der Waals surface area contributed by atoms with Gasteiger partial charge < -0.3 is 5.32 Å². The molecule has 1 amide bonds. The Morgan fingerprint density at radius 2 is 2.32 bits per heavy atom. The number of aryl methyl sites for hydroxylation is 1. The highest BCUT2D eigenvalue weighted by molar-refractivity contribution is 7.09. The molecule has 1 aromatic rings. The lowest BCUT2D eigenvalue weighted by atomic mass is 9.79. The van der Waals surface area contributed by atoms with Crippen LogP contribution in [0.3, 0.4) is 0 Å². The summed E-state index contributed by atoms with van der Waals surface area (Å²) in [5.74, 6) is 0.291. The molecule has 0 unspecified atom stereocenters. The molecule has 2 aliphatic heterocycles. The van der Waals surface area contributed by atoms with Gasteiger partial charge in [-0.05, 0) is 45.7 Å². The maximum Gasteiger partial charge on any atom is 0.226 e. The van der Waals surface area contributed by atoms with E-state index >= 15 is 0 Å². The minimum Gasteiger partial charge on any atom is -0.356 e. The van der Waals surface area contributed by atoms with Gasteiger partial charge in [0.2, 0.25) is 5.91 Å². The fraction of sp³-hybridized carbons (Fsp3) is 0.714. The van der Waals surface area contributed by atoms with Crippen LogP contribution in [-0.2, 0) is 11.3 Å². The fourth-order valence-electron chi connectivity index (χ4n) is 3.27. The van der Waals surface area contributed by atoms with Crippen molar-refractivity contribution in [2.45, 2.75) is 39.2 Å². The molecule has 4 nitrogen and oxygen atoms in total. The van der Waals surface area contributed by atoms with Crippen LogP contribution in [0.5, 0.6) is 0 Å². The van der Waals surface area contributed by atoms with Crippen LogP contribution in [0.15, 0.2) is 5.38 Å². The number of hydrogen-bond donors (Lipinski definition) is 1. The highest BCUT2D eigenvalue weighted by Crippen LogP contribution is 2.38. The molecule has 0 bridgehead atoms. The van der Waals surface area contributed by atoms with Gasteiger partial charge in [0.25, 0.3) is 0 Å². The van der Waals surface area contributed by atoms with Crippen molar-refractivity contribution in [3.8, 4) is 0 Å². The van der Waals surface area contributed by atoms with Crippen molar-refractivity contribution < 1.29 is 4.79 Å². The maximum atomic E-state index is 12.0. The van der Waals surface area contributed by atoms with Gasteiger partial charge in [-0.15, -0.1) is 11.3 Å². The van der Waals surface area contributed by atoms with Crippen LogP contribution in [0.1, 0.15) is 36.4 Å². The molecule has 1 atom stereocenters. The molecular weight excluding hydrogens is 258 g/mol. The first-order chi connectivity index (χ1) is 9.18. The molecule has 104 valence electrons. The molecule has 19 heavy (non-hydrogen) atoms. The smallest absolute Gasteiger partial charge is 0.226 e. The van der Waals surface area contributed by atoms with Crippen molar-refractivity contribution in [1.29, 1.82) is 0 Å². The van der Waals surface area contributed by atoms with E-state index in [9.17, 15) is 4.79 Å². The van der Waals surface area contributed by atoms with Gasteiger partial charge in [0.05, 0.1) is 12.0 Å². The number of nitrogens with one attached hydrogen (secondary N) is 1. The van der Waals surface area contributed by atoms with Crippen LogP contribution >= 0.6 is 11.3 Å². The molecule has 0 aliphatic carbocycles. The Morgan fingerprint density at radius 1 is 1.42 bits per heavy atom. The molecule has 2 saturated heterocycles. The summed E-state index contributed by atoms with van der Waals surface area (Å²) in [6.07, 6.45) is 4.20. The van der Waals surface area contributed by atoms with Crippen LogP contribution in [-0.4, -0.2) is 35.4 Å². The van der Waals surface area contributed by atoms with Crippen molar-refractivity contribution >= 4 is 17.2 Å². The number of amides is 1. The molecule has 2 aliphatic rings. The Hall–Kier alpha value is -0.940. The summed E-state index contributed by atoms with van der Waals surface area (Å²) in [6, 6.07) is 0. The Kier molecular flexibility index (Phi) is 3.58. The number of rotatable bonds is 2. The molecule has 1 N–H and O–H groups in total. The first-order valence-corrected chi connectivity index (χ1v) is 7.98. The topological polar surface area (TPSA) is 45.2 Å². The molecule has 2 fully saturated rings. The summed E-state index contributed by atoms with van der Waals surface area (Å²) < 4.78 is 0. The monoisotopic (exact) mass is 279 g/mol. The summed E-state index contributed by atoms with van der Waals surface area (Å²) in [6.45, 7) is 5.96. The SMILES string of the molecule is Cc1csc(CN2CCC[C@]3(CCNC3=O)CC2)n1. The first kappa shape index (κ1) is 13.1. The molecule has 0 radical (unpaired) electrons. The van der Waals surface area contributed by atoms with E-state index in [2.05, 4.69) is 20.6 Å². The molecule has 3 heterocycles. The lowest BCUT2D eigenvalue weighted by molar-refractivity contribution is -0.128. The van der Waals surface area contributed by atoms with Crippen LogP contribution in [0, 0.1) is 12.3 Å². The van der Waals surface area contributed by atoms with Crippen molar-refractivity contribution in [1.82, 2.24) is 15.2 Å². The van der Waals surface area contributed by atoms with Crippen LogP contribution in [0.25, 0.3) is 0 Å². The summed E-state index contributed by atoms with van der Waals surface area (Å²) in [7, 11) is 0. The van der Waals surface area contributed by atoms with E-state index in [1.807, 2.05) is 6.92 Å². The average Bonchev–Trinajstić information content (AvgIpc) is 2.86. The summed E-state index contributed by atoms with van der Waals surface area (Å²) in [4.78, 5) is 19.0. The van der Waals surface area contributed by atoms with Gasteiger partial charge in [-0.25, -0.2) is 4.98 Å². The van der Waals surface area contributed by atoms with Crippen LogP contribution in [0.2, 0.25) is 0 Å². The lowest BCUT2D eigenvalue weighted by Crippen LogP contribution is -2.32. The predicted octanol–water partition coefficient (Wildman–Crippen LogP) is 1.94. The number of thiazole rings is 1. The van der Waals surface area contributed by atoms with E-state index in [1.165, 1.54) is 5.01 Å². The van der Waals surface area contributed by atoms with E-state index in [0.29, 0.717) is 5.91 Å². The van der Waals surface area contributed by atoms with E-state index in [0.717, 1.165) is 57.6 Å². The van der Waals surface area contributed by atoms with E-state index in [4.69, 9.17) is 0 Å². The highest BCUT2D eigenvalue weighted by atomic mass is 32.1. The number of carbonyl (C=O) groups excluding carboxylic acids is 1. The molecule has 3 rings (SSSR count). The van der Waals surface area contributed by atoms with Gasteiger partial charge in [-0.2, -0.15) is 0 Å². The average molecular weight is 279 g/mol. The second-order valence-electron chi connectivity index (χ2n) is 5.80. The Balaban J connectivity index is 1.63. The van der Waals surface area contributed by atoms with E-state index in [1.54, 1.807) is 11.3 Å². The molecular formula is C14H21N3OS. The lowest BCUT2D eigenvalue weighted by Gasteiger charge is -2.24. The fourth-order valence-corrected chi connectivity index (χ4v) is 4.08. The second-order valence-corrected chi connectivity index (χ2v) is 6.74. The number of likely N-dealkylation sites (tertiary alicyclic amines) is 1. The summed E-state index contributed by atoms with van der Waals surface area (Å²) in [5, 5.41) is 6.32. The Morgan fingerprint density at radius 3 is 3.00 bits per heavy atom. The Labute approximate surface area is 118 Å². The zero-order valence-electron chi connectivity index (χ0n) is 11.4. The molecule has 1 aromatic heterocycles. The van der Waals surface area contributed by atoms with Crippen LogP contribution < -0.4 is 5.32 Å². The van der Waals surface area contributed by atoms with Gasteiger partial charge in [0, 0.05) is 17.6 Å². The maximum absolute atomic E-state index is 12.0. The number of nitrogens with zero attached hydrogens (tertiary/aromatic N) is 2. The largest absolute Gasteiger partial charge is 0.356 e. The molecule has 0 saturated carbocycles. The van der Waals surface area contributed by atoms with E-state index < -0.39 is 0 Å². The zero-order chi connectivity index (χ0) is 13.3. The number of aromatic nitrogens is 1. The third kappa shape index (κ3) is 2.67. The van der Waals surface area contributed by atoms with Crippen molar-refractivity contribution in [2.24, 2.45) is 5.41 Å². The summed E-state index contributed by atoms with van der Waals surface area (Å²) in [5.41, 5.74) is 1.05.